The zero-order valence-corrected chi connectivity index (χ0v) is 17.0. The van der Waals surface area contributed by atoms with Gasteiger partial charge < -0.3 is 25.4 Å². The van der Waals surface area contributed by atoms with Gasteiger partial charge in [0.05, 0.1) is 23.7 Å². The van der Waals surface area contributed by atoms with Gasteiger partial charge >= 0.3 is 0 Å². The zero-order chi connectivity index (χ0) is 30.4. The van der Waals surface area contributed by atoms with E-state index in [1.807, 2.05) is 30.3 Å². The summed E-state index contributed by atoms with van der Waals surface area (Å²) in [6, 6.07) is 7.27. The van der Waals surface area contributed by atoms with Gasteiger partial charge in [0, 0.05) is 28.0 Å². The highest BCUT2D eigenvalue weighted by Crippen LogP contribution is 2.22. The number of aliphatic hydroxyl groups excluding tert-OH is 1. The molecule has 30 heavy (non-hydrogen) atoms. The fourth-order valence-electron chi connectivity index (χ4n) is 2.59. The van der Waals surface area contributed by atoms with E-state index in [-0.39, 0.29) is 32.1 Å². The molecule has 0 heterocycles. The second-order valence-electron chi connectivity index (χ2n) is 6.65. The molecule has 0 amide bonds. The second-order valence-corrected chi connectivity index (χ2v) is 6.65. The van der Waals surface area contributed by atoms with Gasteiger partial charge in [-0.05, 0) is 61.8 Å². The van der Waals surface area contributed by atoms with Crippen molar-refractivity contribution in [2.75, 3.05) is 26.2 Å². The van der Waals surface area contributed by atoms with Crippen LogP contribution in [-0.4, -0.2) is 41.5 Å². The molecule has 0 aliphatic rings. The Balaban J connectivity index is 1.85. The van der Waals surface area contributed by atoms with E-state index in [9.17, 15) is 15.3 Å². The fraction of sp³-hybridized carbons (Fsp3) is 0.520. The van der Waals surface area contributed by atoms with Gasteiger partial charge in [-0.2, -0.15) is 0 Å². The quantitative estimate of drug-likeness (QED) is 0.304. The first-order valence-electron chi connectivity index (χ1n) is 15.1. The smallest absolute Gasteiger partial charge is 0.121 e. The van der Waals surface area contributed by atoms with E-state index in [0.29, 0.717) is 12.8 Å². The summed E-state index contributed by atoms with van der Waals surface area (Å²) in [7, 11) is 0. The largest absolute Gasteiger partial charge is 0.508 e. The number of hydrogen-bond donors (Lipinski definition) is 4. The molecule has 5 heteroatoms. The molecule has 0 aliphatic heterocycles. The third kappa shape index (κ3) is 9.72. The maximum Gasteiger partial charge on any atom is 0.121 e. The average molecular weight is 426 g/mol. The van der Waals surface area contributed by atoms with E-state index >= 15 is 0 Å². The molecular formula is C25H37NO4. The van der Waals surface area contributed by atoms with Crippen molar-refractivity contribution in [1.82, 2.24) is 5.32 Å². The van der Waals surface area contributed by atoms with Crippen LogP contribution in [0.1, 0.15) is 75.0 Å². The lowest BCUT2D eigenvalue weighted by molar-refractivity contribution is 0.126. The summed E-state index contributed by atoms with van der Waals surface area (Å²) in [5, 5.41) is 32.2. The van der Waals surface area contributed by atoms with Crippen molar-refractivity contribution in [1.29, 1.82) is 0 Å². The summed E-state index contributed by atoms with van der Waals surface area (Å²) >= 11 is 0. The molecular weight excluding hydrogens is 378 g/mol. The van der Waals surface area contributed by atoms with Gasteiger partial charge in [-0.3, -0.25) is 0 Å². The van der Waals surface area contributed by atoms with Gasteiger partial charge in [-0.25, -0.2) is 0 Å². The first-order chi connectivity index (χ1) is 18.4. The summed E-state index contributed by atoms with van der Waals surface area (Å²) in [6.07, 6.45) is -1.64. The number of benzene rings is 2. The van der Waals surface area contributed by atoms with Crippen LogP contribution in [-0.2, 0) is 17.8 Å². The average Bonchev–Trinajstić information content (AvgIpc) is 2.84. The molecule has 0 fully saturated rings. The Morgan fingerprint density at radius 2 is 1.77 bits per heavy atom. The van der Waals surface area contributed by atoms with E-state index in [0.717, 1.165) is 5.56 Å². The Kier molecular flexibility index (Phi) is 6.73. The van der Waals surface area contributed by atoms with Crippen LogP contribution in [0.3, 0.4) is 0 Å². The second kappa shape index (κ2) is 15.0. The summed E-state index contributed by atoms with van der Waals surface area (Å²) in [5.74, 6) is -0.801. The normalized spacial score (nSPS) is 19.5. The minimum Gasteiger partial charge on any atom is -0.508 e. The molecule has 0 aliphatic carbocycles. The highest BCUT2D eigenvalue weighted by atomic mass is 16.5. The molecule has 0 saturated heterocycles. The molecule has 2 aromatic carbocycles. The van der Waals surface area contributed by atoms with Crippen LogP contribution in [0.2, 0.25) is 0 Å². The van der Waals surface area contributed by atoms with E-state index in [1.54, 1.807) is 0 Å². The Morgan fingerprint density at radius 3 is 2.53 bits per heavy atom. The van der Waals surface area contributed by atoms with Crippen LogP contribution in [0, 0.1) is 0 Å². The third-order valence-corrected chi connectivity index (χ3v) is 4.26. The fourth-order valence-corrected chi connectivity index (χ4v) is 2.59. The Morgan fingerprint density at radius 1 is 1.03 bits per heavy atom. The van der Waals surface area contributed by atoms with Crippen LogP contribution in [0.4, 0.5) is 0 Å². The van der Waals surface area contributed by atoms with Gasteiger partial charge in [-0.1, -0.05) is 49.2 Å². The number of hydrogen-bond acceptors (Lipinski definition) is 5. The lowest BCUT2D eigenvalue weighted by Crippen LogP contribution is -2.22. The van der Waals surface area contributed by atoms with Gasteiger partial charge in [-0.15, -0.1) is 0 Å². The molecule has 5 nitrogen and oxygen atoms in total. The number of unbranched alkanes of at least 4 members (excludes halogenated alkanes) is 1. The molecule has 0 radical (unpaired) electrons. The van der Waals surface area contributed by atoms with Gasteiger partial charge in [0.2, 0.25) is 0 Å². The van der Waals surface area contributed by atoms with Crippen molar-refractivity contribution in [2.24, 2.45) is 0 Å². The number of aryl methyl sites for hydroxylation is 1. The van der Waals surface area contributed by atoms with Crippen molar-refractivity contribution in [3.8, 4) is 5.75 Å². The standard InChI is InChI=1S/C25H37NO4/c27-20-23-18-22(13-14-24(23)28)25(29)19-26-15-7-1-2-8-16-30-17-9-6-12-21-10-4-3-5-11-21/h3-5,10-11,13-14,18,25-29H,1-2,6-9,12,15-17,19-20H2/i13D,14D,15D2,16D2,17D2,18D,25D. The molecule has 2 aromatic rings. The summed E-state index contributed by atoms with van der Waals surface area (Å²) in [6.45, 7) is -8.23. The van der Waals surface area contributed by atoms with Crippen LogP contribution in [0.5, 0.6) is 5.75 Å². The van der Waals surface area contributed by atoms with Gasteiger partial charge in [0.25, 0.3) is 0 Å². The number of phenols is 1. The minimum atomic E-state index is -2.73. The third-order valence-electron chi connectivity index (χ3n) is 4.26. The maximum absolute atomic E-state index is 10.6. The van der Waals surface area contributed by atoms with Gasteiger partial charge in [0.15, 0.2) is 0 Å². The lowest BCUT2D eigenvalue weighted by atomic mass is 10.1. The minimum absolute atomic E-state index is 0.00647. The zero-order valence-electron chi connectivity index (χ0n) is 27.0. The summed E-state index contributed by atoms with van der Waals surface area (Å²) < 4.78 is 85.4. The predicted octanol–water partition coefficient (Wildman–Crippen LogP) is 4.11. The molecule has 0 saturated carbocycles. The van der Waals surface area contributed by atoms with Crippen LogP contribution >= 0.6 is 0 Å². The van der Waals surface area contributed by atoms with Crippen LogP contribution < -0.4 is 5.32 Å². The first-order valence-corrected chi connectivity index (χ1v) is 10.1. The highest BCUT2D eigenvalue weighted by molar-refractivity contribution is 5.36. The summed E-state index contributed by atoms with van der Waals surface area (Å²) in [4.78, 5) is 0. The Hall–Kier alpha value is -1.92. The molecule has 0 aromatic heterocycles. The highest BCUT2D eigenvalue weighted by Gasteiger charge is 2.09. The molecule has 4 N–H and O–H groups in total. The topological polar surface area (TPSA) is 82.0 Å². The monoisotopic (exact) mass is 425 g/mol. The Bertz CT molecular complexity index is 1120. The number of ether oxygens (including phenoxy) is 1. The number of rotatable bonds is 16. The molecule has 166 valence electrons. The maximum atomic E-state index is 10.6. The van der Waals surface area contributed by atoms with Crippen LogP contribution in [0.15, 0.2) is 48.5 Å². The SMILES string of the molecule is [2H]c1c([2H])c(C([2H])(O)CNC([2H])([2H])CCCCC([2H])([2H])OC([2H])([2H])CCCc2ccccc2)c([2H])c(CO)c1O. The van der Waals surface area contributed by atoms with Gasteiger partial charge in [0.1, 0.15) is 5.75 Å². The van der Waals surface area contributed by atoms with E-state index < -0.39 is 73.9 Å². The molecule has 1 unspecified atom stereocenters. The van der Waals surface area contributed by atoms with E-state index in [1.165, 1.54) is 0 Å². The van der Waals surface area contributed by atoms with E-state index in [4.69, 9.17) is 18.4 Å². The summed E-state index contributed by atoms with van der Waals surface area (Å²) in [5.41, 5.74) is -0.0415. The first kappa shape index (κ1) is 13.5. The van der Waals surface area contributed by atoms with Crippen molar-refractivity contribution >= 4 is 0 Å². The molecule has 0 bridgehead atoms. The molecule has 2 rings (SSSR count). The van der Waals surface area contributed by atoms with Crippen molar-refractivity contribution < 1.29 is 33.8 Å². The Labute approximate surface area is 194 Å². The lowest BCUT2D eigenvalue weighted by Gasteiger charge is -2.14. The molecule has 1 atom stereocenters. The predicted molar refractivity (Wildman–Crippen MR) is 121 cm³/mol. The number of aliphatic hydroxyl groups is 2. The van der Waals surface area contributed by atoms with Crippen molar-refractivity contribution in [3.05, 3.63) is 65.1 Å². The van der Waals surface area contributed by atoms with Crippen LogP contribution in [0.25, 0.3) is 0 Å². The number of nitrogens with one attached hydrogen (secondary N) is 1. The number of aromatic hydroxyl groups is 1. The van der Waals surface area contributed by atoms with Crippen molar-refractivity contribution in [3.63, 3.8) is 0 Å². The van der Waals surface area contributed by atoms with E-state index in [2.05, 4.69) is 5.32 Å². The van der Waals surface area contributed by atoms with Crippen molar-refractivity contribution in [2.45, 2.75) is 57.6 Å². The molecule has 0 spiro atoms.